The standard InChI is InChI=1S/C12H12BrN3O/c13-9-3-4-11-14-7-10(16(11)8-9)12(17)15-5-1-2-6-15/h3-4,7-8H,1-2,5-6H2. The smallest absolute Gasteiger partial charge is 0.272 e. The first-order valence-corrected chi connectivity index (χ1v) is 6.47. The highest BCUT2D eigenvalue weighted by molar-refractivity contribution is 9.10. The molecule has 0 atom stereocenters. The second-order valence-electron chi connectivity index (χ2n) is 4.22. The van der Waals surface area contributed by atoms with Crippen LogP contribution < -0.4 is 0 Å². The summed E-state index contributed by atoms with van der Waals surface area (Å²) >= 11 is 3.41. The number of aromatic nitrogens is 2. The minimum absolute atomic E-state index is 0.0769. The molecule has 0 aromatic carbocycles. The van der Waals surface area contributed by atoms with E-state index in [0.717, 1.165) is 36.1 Å². The average Bonchev–Trinajstić information content (AvgIpc) is 2.97. The van der Waals surface area contributed by atoms with Crippen LogP contribution in [0.25, 0.3) is 5.65 Å². The van der Waals surface area contributed by atoms with E-state index in [2.05, 4.69) is 20.9 Å². The maximum Gasteiger partial charge on any atom is 0.272 e. The highest BCUT2D eigenvalue weighted by atomic mass is 79.9. The predicted octanol–water partition coefficient (Wildman–Crippen LogP) is 2.33. The zero-order chi connectivity index (χ0) is 11.8. The molecule has 1 aliphatic heterocycles. The molecule has 3 heterocycles. The van der Waals surface area contributed by atoms with Crippen LogP contribution >= 0.6 is 15.9 Å². The maximum atomic E-state index is 12.3. The van der Waals surface area contributed by atoms with Crippen LogP contribution in [-0.4, -0.2) is 33.3 Å². The van der Waals surface area contributed by atoms with Gasteiger partial charge in [-0.15, -0.1) is 0 Å². The number of imidazole rings is 1. The first kappa shape index (κ1) is 10.8. The van der Waals surface area contributed by atoms with Crippen LogP contribution in [0.1, 0.15) is 23.3 Å². The Kier molecular flexibility index (Phi) is 2.63. The van der Waals surface area contributed by atoms with E-state index in [0.29, 0.717) is 5.69 Å². The van der Waals surface area contributed by atoms with Crippen molar-refractivity contribution >= 4 is 27.5 Å². The lowest BCUT2D eigenvalue weighted by Crippen LogP contribution is -2.28. The number of rotatable bonds is 1. The zero-order valence-electron chi connectivity index (χ0n) is 9.27. The van der Waals surface area contributed by atoms with Gasteiger partial charge in [0.15, 0.2) is 0 Å². The molecule has 0 unspecified atom stereocenters. The summed E-state index contributed by atoms with van der Waals surface area (Å²) < 4.78 is 2.78. The zero-order valence-corrected chi connectivity index (χ0v) is 10.9. The van der Waals surface area contributed by atoms with Crippen LogP contribution in [0.15, 0.2) is 29.0 Å². The van der Waals surface area contributed by atoms with E-state index in [9.17, 15) is 4.79 Å². The van der Waals surface area contributed by atoms with Crippen LogP contribution in [0.3, 0.4) is 0 Å². The van der Waals surface area contributed by atoms with Crippen LogP contribution in [-0.2, 0) is 0 Å². The molecule has 2 aromatic heterocycles. The van der Waals surface area contributed by atoms with Crippen molar-refractivity contribution in [2.24, 2.45) is 0 Å². The number of carbonyl (C=O) groups is 1. The molecule has 1 saturated heterocycles. The minimum Gasteiger partial charge on any atom is -0.337 e. The molecule has 0 bridgehead atoms. The summed E-state index contributed by atoms with van der Waals surface area (Å²) in [5.74, 6) is 0.0769. The van der Waals surface area contributed by atoms with Crippen molar-refractivity contribution in [2.45, 2.75) is 12.8 Å². The second-order valence-corrected chi connectivity index (χ2v) is 5.13. The van der Waals surface area contributed by atoms with Gasteiger partial charge in [-0.05, 0) is 40.9 Å². The van der Waals surface area contributed by atoms with Gasteiger partial charge in [0, 0.05) is 23.8 Å². The van der Waals surface area contributed by atoms with Gasteiger partial charge in [0.1, 0.15) is 11.3 Å². The Labute approximate surface area is 107 Å². The largest absolute Gasteiger partial charge is 0.337 e. The summed E-state index contributed by atoms with van der Waals surface area (Å²) in [6, 6.07) is 3.82. The van der Waals surface area contributed by atoms with Crippen LogP contribution in [0, 0.1) is 0 Å². The molecule has 3 rings (SSSR count). The Morgan fingerprint density at radius 3 is 2.82 bits per heavy atom. The van der Waals surface area contributed by atoms with E-state index < -0.39 is 0 Å². The van der Waals surface area contributed by atoms with E-state index in [-0.39, 0.29) is 5.91 Å². The number of amides is 1. The molecule has 0 aliphatic carbocycles. The Bertz CT molecular complexity index is 572. The Hall–Kier alpha value is -1.36. The summed E-state index contributed by atoms with van der Waals surface area (Å²) in [7, 11) is 0. The maximum absolute atomic E-state index is 12.3. The number of pyridine rings is 1. The molecule has 1 amide bonds. The molecule has 88 valence electrons. The fourth-order valence-electron chi connectivity index (χ4n) is 2.20. The van der Waals surface area contributed by atoms with Gasteiger partial charge < -0.3 is 4.90 Å². The monoisotopic (exact) mass is 293 g/mol. The fraction of sp³-hybridized carbons (Fsp3) is 0.333. The van der Waals surface area contributed by atoms with Crippen molar-refractivity contribution in [3.8, 4) is 0 Å². The first-order valence-electron chi connectivity index (χ1n) is 5.67. The number of likely N-dealkylation sites (tertiary alicyclic amines) is 1. The summed E-state index contributed by atoms with van der Waals surface area (Å²) in [5, 5.41) is 0. The number of hydrogen-bond donors (Lipinski definition) is 0. The van der Waals surface area contributed by atoms with Crippen molar-refractivity contribution in [3.63, 3.8) is 0 Å². The van der Waals surface area contributed by atoms with Gasteiger partial charge in [-0.2, -0.15) is 0 Å². The molecule has 2 aromatic rings. The van der Waals surface area contributed by atoms with Gasteiger partial charge in [0.05, 0.1) is 6.20 Å². The first-order chi connectivity index (χ1) is 8.25. The van der Waals surface area contributed by atoms with Gasteiger partial charge in [-0.3, -0.25) is 9.20 Å². The fourth-order valence-corrected chi connectivity index (χ4v) is 2.53. The molecular formula is C12H12BrN3O. The second kappa shape index (κ2) is 4.14. The molecule has 17 heavy (non-hydrogen) atoms. The SMILES string of the molecule is O=C(c1cnc2ccc(Br)cn12)N1CCCC1. The Morgan fingerprint density at radius 2 is 2.06 bits per heavy atom. The molecular weight excluding hydrogens is 282 g/mol. The summed E-state index contributed by atoms with van der Waals surface area (Å²) in [6.07, 6.45) is 5.74. The molecule has 5 heteroatoms. The van der Waals surface area contributed by atoms with Crippen LogP contribution in [0.5, 0.6) is 0 Å². The minimum atomic E-state index is 0.0769. The van der Waals surface area contributed by atoms with Gasteiger partial charge in [0.2, 0.25) is 0 Å². The van der Waals surface area contributed by atoms with Crippen LogP contribution in [0.2, 0.25) is 0 Å². The number of hydrogen-bond acceptors (Lipinski definition) is 2. The van der Waals surface area contributed by atoms with Gasteiger partial charge in [-0.25, -0.2) is 4.98 Å². The van der Waals surface area contributed by atoms with Crippen molar-refractivity contribution in [1.29, 1.82) is 0 Å². The molecule has 0 radical (unpaired) electrons. The summed E-state index contributed by atoms with van der Waals surface area (Å²) in [4.78, 5) is 18.4. The van der Waals surface area contributed by atoms with Gasteiger partial charge in [-0.1, -0.05) is 0 Å². The lowest BCUT2D eigenvalue weighted by Gasteiger charge is -2.14. The lowest BCUT2D eigenvalue weighted by atomic mass is 10.4. The predicted molar refractivity (Wildman–Crippen MR) is 68.0 cm³/mol. The van der Waals surface area contributed by atoms with Crippen LogP contribution in [0.4, 0.5) is 0 Å². The molecule has 0 N–H and O–H groups in total. The Balaban J connectivity index is 2.04. The van der Waals surface area contributed by atoms with E-state index in [1.54, 1.807) is 6.20 Å². The highest BCUT2D eigenvalue weighted by Gasteiger charge is 2.22. The molecule has 1 aliphatic rings. The average molecular weight is 294 g/mol. The molecule has 0 saturated carbocycles. The van der Waals surface area contributed by atoms with Gasteiger partial charge >= 0.3 is 0 Å². The topological polar surface area (TPSA) is 37.6 Å². The van der Waals surface area contributed by atoms with Crippen molar-refractivity contribution in [2.75, 3.05) is 13.1 Å². The van der Waals surface area contributed by atoms with E-state index in [1.807, 2.05) is 27.6 Å². The van der Waals surface area contributed by atoms with Crippen molar-refractivity contribution < 1.29 is 4.79 Å². The third-order valence-electron chi connectivity index (χ3n) is 3.08. The third-order valence-corrected chi connectivity index (χ3v) is 3.55. The van der Waals surface area contributed by atoms with E-state index >= 15 is 0 Å². The van der Waals surface area contributed by atoms with Crippen molar-refractivity contribution in [1.82, 2.24) is 14.3 Å². The van der Waals surface area contributed by atoms with Crippen molar-refractivity contribution in [3.05, 3.63) is 34.7 Å². The summed E-state index contributed by atoms with van der Waals surface area (Å²) in [6.45, 7) is 1.72. The molecule has 0 spiro atoms. The third kappa shape index (κ3) is 1.84. The molecule has 4 nitrogen and oxygen atoms in total. The number of halogens is 1. The molecule has 1 fully saturated rings. The lowest BCUT2D eigenvalue weighted by molar-refractivity contribution is 0.0786. The van der Waals surface area contributed by atoms with E-state index in [4.69, 9.17) is 0 Å². The number of nitrogens with zero attached hydrogens (tertiary/aromatic N) is 3. The van der Waals surface area contributed by atoms with E-state index in [1.165, 1.54) is 0 Å². The quantitative estimate of drug-likeness (QED) is 0.809. The highest BCUT2D eigenvalue weighted by Crippen LogP contribution is 2.17. The Morgan fingerprint density at radius 1 is 1.29 bits per heavy atom. The number of carbonyl (C=O) groups excluding carboxylic acids is 1. The van der Waals surface area contributed by atoms with Gasteiger partial charge in [0.25, 0.3) is 5.91 Å². The normalized spacial score (nSPS) is 15.7. The summed E-state index contributed by atoms with van der Waals surface area (Å²) in [5.41, 5.74) is 1.44. The number of fused-ring (bicyclic) bond motifs is 1.